The Bertz CT molecular complexity index is 2060. The highest BCUT2D eigenvalue weighted by Gasteiger charge is 2.36. The van der Waals surface area contributed by atoms with Crippen LogP contribution in [-0.4, -0.2) is 79.5 Å². The molecular weight excluding hydrogens is 849 g/mol. The molecule has 0 saturated carbocycles. The van der Waals surface area contributed by atoms with E-state index in [1.807, 2.05) is 10.8 Å². The number of alkyl carbamates (subject to hydrolysis) is 1. The second-order valence-electron chi connectivity index (χ2n) is 15.6. The van der Waals surface area contributed by atoms with Crippen molar-refractivity contribution in [1.29, 1.82) is 0 Å². The maximum atomic E-state index is 15.7. The molecule has 1 saturated heterocycles. The van der Waals surface area contributed by atoms with Gasteiger partial charge in [0.2, 0.25) is 5.91 Å². The summed E-state index contributed by atoms with van der Waals surface area (Å²) < 4.78 is 77.6. The van der Waals surface area contributed by atoms with Crippen LogP contribution >= 0.6 is 22.6 Å². The second-order valence-corrected chi connectivity index (χ2v) is 24.6. The normalized spacial score (nSPS) is 14.9. The van der Waals surface area contributed by atoms with E-state index in [4.69, 9.17) is 14.2 Å². The molecule has 3 heterocycles. The van der Waals surface area contributed by atoms with Crippen LogP contribution in [0.4, 0.5) is 13.6 Å². The molecule has 1 aliphatic heterocycles. The van der Waals surface area contributed by atoms with Crippen LogP contribution in [0.3, 0.4) is 0 Å². The van der Waals surface area contributed by atoms with Gasteiger partial charge in [-0.15, -0.1) is 0 Å². The third-order valence-electron chi connectivity index (χ3n) is 8.86. The van der Waals surface area contributed by atoms with E-state index in [-0.39, 0.29) is 55.3 Å². The topological polar surface area (TPSA) is 129 Å². The Morgan fingerprint density at radius 1 is 1.06 bits per heavy atom. The number of halogens is 3. The first kappa shape index (κ1) is 41.5. The molecule has 0 aliphatic carbocycles. The molecule has 0 spiro atoms. The molecule has 2 aromatic heterocycles. The summed E-state index contributed by atoms with van der Waals surface area (Å²) in [5.41, 5.74) is -0.250. The van der Waals surface area contributed by atoms with E-state index in [1.165, 1.54) is 17.2 Å². The molecule has 4 aromatic rings. The van der Waals surface area contributed by atoms with Crippen LogP contribution in [0.5, 0.6) is 11.5 Å². The maximum absolute atomic E-state index is 15.7. The van der Waals surface area contributed by atoms with Gasteiger partial charge in [0.25, 0.3) is 0 Å². The number of nitrogens with zero attached hydrogens (tertiary/aromatic N) is 3. The lowest BCUT2D eigenvalue weighted by Crippen LogP contribution is -2.53. The van der Waals surface area contributed by atoms with Crippen LogP contribution in [0.25, 0.3) is 11.0 Å². The minimum absolute atomic E-state index is 0.0874. The van der Waals surface area contributed by atoms with Gasteiger partial charge in [0.15, 0.2) is 27.2 Å². The van der Waals surface area contributed by atoms with Crippen molar-refractivity contribution in [2.75, 3.05) is 19.7 Å². The molecule has 2 amide bonds. The molecule has 1 atom stereocenters. The summed E-state index contributed by atoms with van der Waals surface area (Å²) >= 11 is 2.12. The highest BCUT2D eigenvalue weighted by atomic mass is 127. The van der Waals surface area contributed by atoms with Crippen molar-refractivity contribution in [3.63, 3.8) is 0 Å². The fourth-order valence-corrected chi connectivity index (χ4v) is 9.45. The lowest BCUT2D eigenvalue weighted by molar-refractivity contribution is -0.134. The first-order valence-electron chi connectivity index (χ1n) is 17.8. The average molecular weight is 897 g/mol. The molecule has 1 aliphatic rings. The molecular formula is C38H47F2IN4O7SSi. The van der Waals surface area contributed by atoms with Crippen LogP contribution in [0.2, 0.25) is 25.7 Å². The van der Waals surface area contributed by atoms with Crippen molar-refractivity contribution in [2.24, 2.45) is 0 Å². The average Bonchev–Trinajstić information content (AvgIpc) is 3.42. The number of nitrogens with one attached hydrogen (secondary N) is 1. The van der Waals surface area contributed by atoms with Crippen LogP contribution in [0.1, 0.15) is 39.2 Å². The molecule has 2 aromatic carbocycles. The van der Waals surface area contributed by atoms with E-state index in [2.05, 4.69) is 52.5 Å². The van der Waals surface area contributed by atoms with Gasteiger partial charge in [-0.3, -0.25) is 4.79 Å². The smallest absolute Gasteiger partial charge is 0.408 e. The van der Waals surface area contributed by atoms with Gasteiger partial charge in [0.1, 0.15) is 29.8 Å². The maximum Gasteiger partial charge on any atom is 0.408 e. The molecule has 0 bridgehead atoms. The Morgan fingerprint density at radius 3 is 2.31 bits per heavy atom. The van der Waals surface area contributed by atoms with Crippen molar-refractivity contribution in [1.82, 2.24) is 19.8 Å². The number of pyridine rings is 1. The summed E-state index contributed by atoms with van der Waals surface area (Å²) in [7, 11) is -4.88. The zero-order chi connectivity index (χ0) is 39.4. The first-order valence-corrected chi connectivity index (χ1v) is 24.1. The number of ether oxygens (including phenoxy) is 3. The van der Waals surface area contributed by atoms with Gasteiger partial charge in [-0.2, -0.15) is 0 Å². The number of piperidine rings is 1. The minimum Gasteiger partial charge on any atom is -0.450 e. The van der Waals surface area contributed by atoms with E-state index in [0.717, 1.165) is 21.7 Å². The lowest BCUT2D eigenvalue weighted by atomic mass is 10.0. The second kappa shape index (κ2) is 17.0. The Kier molecular flexibility index (Phi) is 13.1. The minimum atomic E-state index is -3.61. The van der Waals surface area contributed by atoms with Gasteiger partial charge in [0.05, 0.1) is 15.5 Å². The number of likely N-dealkylation sites (tertiary alicyclic amines) is 1. The van der Waals surface area contributed by atoms with Crippen molar-refractivity contribution in [2.45, 2.75) is 94.2 Å². The highest BCUT2D eigenvalue weighted by Crippen LogP contribution is 2.36. The fourth-order valence-electron chi connectivity index (χ4n) is 6.10. The third kappa shape index (κ3) is 10.6. The van der Waals surface area contributed by atoms with Crippen molar-refractivity contribution in [3.8, 4) is 11.5 Å². The number of carbonyl (C=O) groups is 2. The van der Waals surface area contributed by atoms with E-state index in [9.17, 15) is 18.0 Å². The van der Waals surface area contributed by atoms with Crippen molar-refractivity contribution in [3.05, 3.63) is 81.7 Å². The predicted molar refractivity (Wildman–Crippen MR) is 213 cm³/mol. The zero-order valence-corrected chi connectivity index (χ0v) is 35.3. The number of hydrogen-bond acceptors (Lipinski definition) is 8. The van der Waals surface area contributed by atoms with E-state index in [0.29, 0.717) is 17.6 Å². The van der Waals surface area contributed by atoms with Crippen molar-refractivity contribution < 1.29 is 41.0 Å². The number of sulfone groups is 1. The Hall–Kier alpha value is -3.61. The molecule has 16 heteroatoms. The predicted octanol–water partition coefficient (Wildman–Crippen LogP) is 7.92. The number of carbonyl (C=O) groups excluding carboxylic acids is 2. The zero-order valence-electron chi connectivity index (χ0n) is 31.3. The summed E-state index contributed by atoms with van der Waals surface area (Å²) in [4.78, 5) is 32.9. The number of fused-ring (bicyclic) bond motifs is 1. The SMILES string of the molecule is CC(C)(C)OC(=O)N[C@@H](Cc1cc(F)c(Oc2ccnc3c2c(I)cn3COCC[Si](C)(C)C)c(F)c1)C(=O)N1CCC(S(=O)(=O)c2ccccc2)CC1. The lowest BCUT2D eigenvalue weighted by Gasteiger charge is -2.34. The summed E-state index contributed by atoms with van der Waals surface area (Å²) in [6, 6.07) is 11.5. The van der Waals surface area contributed by atoms with Gasteiger partial charge in [-0.05, 0) is 98.1 Å². The molecule has 1 fully saturated rings. The Balaban J connectivity index is 1.33. The van der Waals surface area contributed by atoms with Gasteiger partial charge in [-0.25, -0.2) is 27.0 Å². The largest absolute Gasteiger partial charge is 0.450 e. The van der Waals surface area contributed by atoms with E-state index >= 15 is 8.78 Å². The number of benzene rings is 2. The molecule has 1 N–H and O–H groups in total. The molecule has 5 rings (SSSR count). The number of hydrogen-bond donors (Lipinski definition) is 1. The quantitative estimate of drug-likeness (QED) is 0.0815. The number of rotatable bonds is 13. The summed E-state index contributed by atoms with van der Waals surface area (Å²) in [6.45, 7) is 12.9. The van der Waals surface area contributed by atoms with Crippen molar-refractivity contribution >= 4 is 63.5 Å². The van der Waals surface area contributed by atoms with Gasteiger partial charge in [-0.1, -0.05) is 37.8 Å². The van der Waals surface area contributed by atoms with Gasteiger partial charge < -0.3 is 29.0 Å². The van der Waals surface area contributed by atoms with Gasteiger partial charge >= 0.3 is 6.09 Å². The standard InChI is InChI=1S/C38H47F2IN4O7SSi/c1-38(2,3)52-37(47)43-31(36(46)44-16-13-27(14-17-44)53(48,49)26-10-8-7-9-11-26)22-25-20-28(39)34(29(40)21-25)51-32-12-15-42-35-33(32)30(41)23-45(35)24-50-18-19-54(4,5)6/h7-12,15,20-21,23,27,31H,13-14,16-19,22,24H2,1-6H3,(H,43,47)/t31-/m0/s1. The van der Waals surface area contributed by atoms with Gasteiger partial charge in [0, 0.05) is 50.2 Å². The molecule has 292 valence electrons. The molecule has 11 nitrogen and oxygen atoms in total. The fraction of sp³-hybridized carbons (Fsp3) is 0.447. The Morgan fingerprint density at radius 2 is 1.70 bits per heavy atom. The number of aromatic nitrogens is 2. The van der Waals surface area contributed by atoms with E-state index < -0.39 is 64.2 Å². The van der Waals surface area contributed by atoms with Crippen LogP contribution in [0.15, 0.2) is 65.8 Å². The first-order chi connectivity index (χ1) is 25.3. The van der Waals surface area contributed by atoms with Crippen LogP contribution < -0.4 is 10.1 Å². The number of amides is 2. The summed E-state index contributed by atoms with van der Waals surface area (Å²) in [5.74, 6) is -2.97. The Labute approximate surface area is 329 Å². The van der Waals surface area contributed by atoms with Crippen LogP contribution in [-0.2, 0) is 37.3 Å². The molecule has 0 radical (unpaired) electrons. The van der Waals surface area contributed by atoms with E-state index in [1.54, 1.807) is 51.1 Å². The highest BCUT2D eigenvalue weighted by molar-refractivity contribution is 14.1. The van der Waals surface area contributed by atoms with Crippen LogP contribution in [0, 0.1) is 15.2 Å². The molecule has 54 heavy (non-hydrogen) atoms. The monoisotopic (exact) mass is 896 g/mol. The third-order valence-corrected chi connectivity index (χ3v) is 13.7. The summed E-state index contributed by atoms with van der Waals surface area (Å²) in [6.07, 6.45) is 2.56. The summed E-state index contributed by atoms with van der Waals surface area (Å²) in [5, 5.41) is 2.45. The molecule has 0 unspecified atom stereocenters.